The van der Waals surface area contributed by atoms with Crippen molar-refractivity contribution in [3.63, 3.8) is 0 Å². The Labute approximate surface area is 309 Å². The van der Waals surface area contributed by atoms with Gasteiger partial charge >= 0.3 is 0 Å². The molecule has 0 saturated carbocycles. The van der Waals surface area contributed by atoms with Crippen LogP contribution in [0.3, 0.4) is 0 Å². The normalized spacial score (nSPS) is 11.5. The van der Waals surface area contributed by atoms with E-state index in [1.807, 2.05) is 6.07 Å². The number of methoxy groups -OCH3 is 1. The highest BCUT2D eigenvalue weighted by Crippen LogP contribution is 2.22. The molecule has 0 amide bonds. The Morgan fingerprint density at radius 1 is 0.408 bits per heavy atom. The van der Waals surface area contributed by atoms with Crippen LogP contribution >= 0.6 is 0 Å². The van der Waals surface area contributed by atoms with Gasteiger partial charge in [-0.15, -0.1) is 0 Å². The largest absolute Gasteiger partial charge is 0.497 e. The summed E-state index contributed by atoms with van der Waals surface area (Å²) in [6.45, 7) is 13.7. The lowest BCUT2D eigenvalue weighted by atomic mass is 9.96. The van der Waals surface area contributed by atoms with Gasteiger partial charge in [0.05, 0.1) is 7.11 Å². The van der Waals surface area contributed by atoms with Crippen LogP contribution in [0.4, 0.5) is 0 Å². The van der Waals surface area contributed by atoms with Gasteiger partial charge in [-0.1, -0.05) is 257 Å². The molecule has 2 rings (SSSR count). The molecule has 0 fully saturated rings. The van der Waals surface area contributed by atoms with Crippen LogP contribution in [0.15, 0.2) is 36.4 Å². The Balaban J connectivity index is 0.000000713. The number of unbranched alkanes of at least 4 members (excludes halogenated alkanes) is 25. The second-order valence-electron chi connectivity index (χ2n) is 15.4. The zero-order valence-electron chi connectivity index (χ0n) is 34.7. The van der Waals surface area contributed by atoms with Crippen molar-refractivity contribution in [2.75, 3.05) is 7.11 Å². The summed E-state index contributed by atoms with van der Waals surface area (Å²) in [4.78, 5) is 0. The van der Waals surface area contributed by atoms with E-state index in [1.54, 1.807) is 7.11 Å². The van der Waals surface area contributed by atoms with E-state index in [4.69, 9.17) is 4.74 Å². The Morgan fingerprint density at radius 3 is 1.06 bits per heavy atom. The molecule has 2 aromatic carbocycles. The summed E-state index contributed by atoms with van der Waals surface area (Å²) in [6.07, 6.45) is 43.7. The van der Waals surface area contributed by atoms with Crippen molar-refractivity contribution >= 4 is 10.8 Å². The van der Waals surface area contributed by atoms with E-state index >= 15 is 0 Å². The highest BCUT2D eigenvalue weighted by atomic mass is 16.5. The van der Waals surface area contributed by atoms with E-state index in [0.29, 0.717) is 0 Å². The first kappa shape index (κ1) is 47.5. The maximum atomic E-state index is 5.15. The van der Waals surface area contributed by atoms with Crippen LogP contribution in [0, 0.1) is 12.8 Å². The van der Waals surface area contributed by atoms with Crippen molar-refractivity contribution < 1.29 is 4.74 Å². The van der Waals surface area contributed by atoms with Crippen LogP contribution < -0.4 is 4.74 Å². The van der Waals surface area contributed by atoms with Crippen LogP contribution in [0.1, 0.15) is 233 Å². The Morgan fingerprint density at radius 2 is 0.714 bits per heavy atom. The zero-order valence-corrected chi connectivity index (χ0v) is 34.7. The Hall–Kier alpha value is -1.50. The van der Waals surface area contributed by atoms with E-state index in [2.05, 4.69) is 71.9 Å². The molecule has 0 spiro atoms. The maximum absolute atomic E-state index is 5.15. The molecule has 0 heterocycles. The van der Waals surface area contributed by atoms with Crippen molar-refractivity contribution in [2.45, 2.75) is 234 Å². The molecule has 0 aromatic heterocycles. The highest BCUT2D eigenvalue weighted by Gasteiger charge is 2.02. The van der Waals surface area contributed by atoms with Crippen molar-refractivity contribution in [3.8, 4) is 5.75 Å². The van der Waals surface area contributed by atoms with Gasteiger partial charge in [0.1, 0.15) is 5.75 Å². The molecule has 0 N–H and O–H groups in total. The van der Waals surface area contributed by atoms with Gasteiger partial charge in [0.2, 0.25) is 0 Å². The third-order valence-corrected chi connectivity index (χ3v) is 10.3. The number of benzene rings is 2. The molecule has 0 bridgehead atoms. The van der Waals surface area contributed by atoms with Gasteiger partial charge in [0, 0.05) is 0 Å². The molecule has 1 heteroatoms. The third-order valence-electron chi connectivity index (χ3n) is 10.3. The van der Waals surface area contributed by atoms with Crippen LogP contribution in [-0.2, 0) is 0 Å². The third kappa shape index (κ3) is 32.2. The molecular weight excluding hydrogens is 593 g/mol. The van der Waals surface area contributed by atoms with Crippen molar-refractivity contribution in [2.24, 2.45) is 5.92 Å². The Kier molecular flexibility index (Phi) is 36.6. The quantitative estimate of drug-likeness (QED) is 0.0746. The smallest absolute Gasteiger partial charge is 0.119 e. The number of fused-ring (bicyclic) bond motifs is 1. The van der Waals surface area contributed by atoms with Crippen LogP contribution in [0.5, 0.6) is 5.75 Å². The molecule has 0 aliphatic rings. The summed E-state index contributed by atoms with van der Waals surface area (Å²) in [5.41, 5.74) is 1.29. The fourth-order valence-electron chi connectivity index (χ4n) is 6.78. The van der Waals surface area contributed by atoms with Gasteiger partial charge in [0.25, 0.3) is 0 Å². The Bertz CT molecular complexity index is 900. The summed E-state index contributed by atoms with van der Waals surface area (Å²) in [7, 11) is 1.69. The van der Waals surface area contributed by atoms with Crippen molar-refractivity contribution in [3.05, 3.63) is 42.0 Å². The van der Waals surface area contributed by atoms with Gasteiger partial charge in [0.15, 0.2) is 0 Å². The number of rotatable bonds is 30. The van der Waals surface area contributed by atoms with Gasteiger partial charge in [-0.05, 0) is 35.7 Å². The van der Waals surface area contributed by atoms with E-state index < -0.39 is 0 Å². The molecule has 286 valence electrons. The molecular formula is C48H88O. The molecule has 1 unspecified atom stereocenters. The lowest BCUT2D eigenvalue weighted by Gasteiger charge is -2.10. The molecule has 49 heavy (non-hydrogen) atoms. The van der Waals surface area contributed by atoms with E-state index in [1.165, 1.54) is 209 Å². The average molecular weight is 681 g/mol. The zero-order chi connectivity index (χ0) is 36.0. The predicted octanol–water partition coefficient (Wildman–Crippen LogP) is 17.5. The lowest BCUT2D eigenvalue weighted by Crippen LogP contribution is -1.95. The van der Waals surface area contributed by atoms with Gasteiger partial charge < -0.3 is 4.74 Å². The standard InChI is InChI=1S/2C18H38.C12H12O/c1-4-6-8-10-11-13-15-17-18(3)16-14-12-9-7-5-2;1-3-5-7-9-11-13-15-17-18-16-14-12-10-8-6-4-2;1-9-3-4-11-8-12(13-2)6-5-10(11)7-9/h18H,4-17H2,1-3H3;3-18H2,1-2H3;3-8H,1-2H3. The average Bonchev–Trinajstić information content (AvgIpc) is 3.11. The fraction of sp³-hybridized carbons (Fsp3) is 0.792. The number of aryl methyl sites for hydroxylation is 1. The predicted molar refractivity (Wildman–Crippen MR) is 226 cm³/mol. The minimum absolute atomic E-state index is 0.913. The molecule has 2 aromatic rings. The summed E-state index contributed by atoms with van der Waals surface area (Å²) in [6, 6.07) is 12.5. The molecule has 0 aliphatic carbocycles. The number of hydrogen-bond donors (Lipinski definition) is 0. The lowest BCUT2D eigenvalue weighted by molar-refractivity contribution is 0.415. The first-order chi connectivity index (χ1) is 24.0. The SMILES string of the molecule is CCCCCCCCCC(C)CCCCCCC.CCCCCCCCCCCCCCCCCC.COc1ccc2cc(C)ccc2c1. The molecule has 1 nitrogen and oxygen atoms in total. The summed E-state index contributed by atoms with van der Waals surface area (Å²) in [5.74, 6) is 1.89. The maximum Gasteiger partial charge on any atom is 0.119 e. The summed E-state index contributed by atoms with van der Waals surface area (Å²) >= 11 is 0. The van der Waals surface area contributed by atoms with E-state index in [9.17, 15) is 0 Å². The monoisotopic (exact) mass is 681 g/mol. The van der Waals surface area contributed by atoms with Crippen LogP contribution in [0.25, 0.3) is 10.8 Å². The first-order valence-corrected chi connectivity index (χ1v) is 22.1. The van der Waals surface area contributed by atoms with Gasteiger partial charge in [-0.3, -0.25) is 0 Å². The van der Waals surface area contributed by atoms with Crippen molar-refractivity contribution in [1.29, 1.82) is 0 Å². The molecule has 1 atom stereocenters. The van der Waals surface area contributed by atoms with Crippen molar-refractivity contribution in [1.82, 2.24) is 0 Å². The van der Waals surface area contributed by atoms with Gasteiger partial charge in [-0.2, -0.15) is 0 Å². The molecule has 0 radical (unpaired) electrons. The molecule has 0 saturated heterocycles. The molecule has 0 aliphatic heterocycles. The highest BCUT2D eigenvalue weighted by molar-refractivity contribution is 5.84. The second kappa shape index (κ2) is 37.7. The second-order valence-corrected chi connectivity index (χ2v) is 15.4. The number of hydrogen-bond acceptors (Lipinski definition) is 1. The minimum Gasteiger partial charge on any atom is -0.497 e. The van der Waals surface area contributed by atoms with Gasteiger partial charge in [-0.25, -0.2) is 0 Å². The first-order valence-electron chi connectivity index (χ1n) is 22.1. The topological polar surface area (TPSA) is 9.23 Å². The van der Waals surface area contributed by atoms with Crippen LogP contribution in [-0.4, -0.2) is 7.11 Å². The fourth-order valence-corrected chi connectivity index (χ4v) is 6.78. The minimum atomic E-state index is 0.913. The summed E-state index contributed by atoms with van der Waals surface area (Å²) < 4.78 is 5.15. The number of ether oxygens (including phenoxy) is 1. The van der Waals surface area contributed by atoms with E-state index in [0.717, 1.165) is 11.7 Å². The summed E-state index contributed by atoms with van der Waals surface area (Å²) in [5, 5.41) is 2.49. The van der Waals surface area contributed by atoms with E-state index in [-0.39, 0.29) is 0 Å². The van der Waals surface area contributed by atoms with Crippen LogP contribution in [0.2, 0.25) is 0 Å².